The van der Waals surface area contributed by atoms with Crippen molar-refractivity contribution < 1.29 is 4.79 Å². The van der Waals surface area contributed by atoms with Crippen molar-refractivity contribution in [3.63, 3.8) is 0 Å². The summed E-state index contributed by atoms with van der Waals surface area (Å²) in [7, 11) is 2.12. The van der Waals surface area contributed by atoms with Gasteiger partial charge in [-0.05, 0) is 50.1 Å². The van der Waals surface area contributed by atoms with E-state index in [1.54, 1.807) is 0 Å². The van der Waals surface area contributed by atoms with Gasteiger partial charge in [-0.2, -0.15) is 0 Å². The summed E-state index contributed by atoms with van der Waals surface area (Å²) in [5.74, 6) is 0.148. The molecule has 1 aromatic carbocycles. The lowest BCUT2D eigenvalue weighted by Crippen LogP contribution is -2.47. The van der Waals surface area contributed by atoms with Crippen LogP contribution >= 0.6 is 11.6 Å². The number of hydrogen-bond donors (Lipinski definition) is 1. The van der Waals surface area contributed by atoms with Crippen molar-refractivity contribution >= 4 is 34.0 Å². The summed E-state index contributed by atoms with van der Waals surface area (Å²) in [4.78, 5) is 20.4. The molecule has 4 rings (SSSR count). The molecule has 1 aliphatic heterocycles. The Hall–Kier alpha value is -1.78. The number of H-pyrrole nitrogens is 1. The Morgan fingerprint density at radius 3 is 2.84 bits per heavy atom. The number of carbonyl (C=O) groups excluding carboxylic acids is 1. The van der Waals surface area contributed by atoms with Crippen molar-refractivity contribution in [1.82, 2.24) is 14.8 Å². The van der Waals surface area contributed by atoms with Crippen LogP contribution in [0, 0.1) is 5.92 Å². The SMILES string of the molecule is CCN(CC)C(=O)[C@@H]1C=C2c3cccc4[nH]c(Cl)c(c34)C[C@@H]2N(C)C1. The van der Waals surface area contributed by atoms with E-state index in [4.69, 9.17) is 11.6 Å². The van der Waals surface area contributed by atoms with Crippen LogP contribution in [0.2, 0.25) is 5.15 Å². The number of fused-ring (bicyclic) bond motifs is 2. The fourth-order valence-corrected chi connectivity index (χ4v) is 4.69. The second kappa shape index (κ2) is 6.19. The summed E-state index contributed by atoms with van der Waals surface area (Å²) in [5, 5.41) is 1.97. The lowest BCUT2D eigenvalue weighted by atomic mass is 9.79. The first kappa shape index (κ1) is 16.7. The average Bonchev–Trinajstić information content (AvgIpc) is 2.93. The number of rotatable bonds is 3. The van der Waals surface area contributed by atoms with Crippen molar-refractivity contribution in [3.8, 4) is 0 Å². The Bertz CT molecular complexity index is 865. The fourth-order valence-electron chi connectivity index (χ4n) is 4.42. The van der Waals surface area contributed by atoms with Crippen LogP contribution in [-0.2, 0) is 11.2 Å². The van der Waals surface area contributed by atoms with Crippen LogP contribution in [0.25, 0.3) is 16.5 Å². The van der Waals surface area contributed by atoms with Crippen LogP contribution in [0.15, 0.2) is 24.3 Å². The lowest BCUT2D eigenvalue weighted by molar-refractivity contribution is -0.134. The topological polar surface area (TPSA) is 39.3 Å². The number of aromatic nitrogens is 1. The number of amides is 1. The number of likely N-dealkylation sites (N-methyl/N-ethyl adjacent to an activating group) is 1. The Kier molecular flexibility index (Phi) is 4.13. The van der Waals surface area contributed by atoms with E-state index in [1.165, 1.54) is 22.1 Å². The molecule has 1 aromatic heterocycles. The smallest absolute Gasteiger partial charge is 0.230 e. The molecule has 1 aliphatic carbocycles. The molecular formula is C20H24ClN3O. The second-order valence-electron chi connectivity index (χ2n) is 7.04. The summed E-state index contributed by atoms with van der Waals surface area (Å²) in [6.45, 7) is 6.36. The minimum absolute atomic E-state index is 0.0811. The first-order valence-corrected chi connectivity index (χ1v) is 9.43. The van der Waals surface area contributed by atoms with Gasteiger partial charge in [-0.25, -0.2) is 0 Å². The normalized spacial score (nSPS) is 22.6. The number of aromatic amines is 1. The molecule has 0 saturated carbocycles. The first-order valence-electron chi connectivity index (χ1n) is 9.05. The zero-order chi connectivity index (χ0) is 17.7. The van der Waals surface area contributed by atoms with Crippen molar-refractivity contribution in [3.05, 3.63) is 40.6 Å². The maximum atomic E-state index is 12.9. The van der Waals surface area contributed by atoms with E-state index in [2.05, 4.69) is 41.2 Å². The highest BCUT2D eigenvalue weighted by molar-refractivity contribution is 6.32. The van der Waals surface area contributed by atoms with Gasteiger partial charge in [0.05, 0.1) is 5.92 Å². The molecule has 25 heavy (non-hydrogen) atoms. The molecule has 1 amide bonds. The molecule has 0 saturated heterocycles. The minimum Gasteiger partial charge on any atom is -0.345 e. The predicted molar refractivity (Wildman–Crippen MR) is 103 cm³/mol. The Morgan fingerprint density at radius 2 is 2.12 bits per heavy atom. The third-order valence-corrected chi connectivity index (χ3v) is 6.06. The monoisotopic (exact) mass is 357 g/mol. The number of carbonyl (C=O) groups is 1. The average molecular weight is 358 g/mol. The van der Waals surface area contributed by atoms with Gasteiger partial charge in [-0.1, -0.05) is 29.8 Å². The number of nitrogens with zero attached hydrogens (tertiary/aromatic N) is 2. The maximum Gasteiger partial charge on any atom is 0.230 e. The number of halogens is 1. The standard InChI is InChI=1S/C20H24ClN3O/c1-4-24(5-2)20(25)12-9-14-13-7-6-8-16-18(13)15(19(21)22-16)10-17(14)23(3)11-12/h6-9,12,17,22H,4-5,10-11H2,1-3H3/t12-,17+/m1/s1. The Balaban J connectivity index is 1.83. The van der Waals surface area contributed by atoms with Crippen LogP contribution in [0.3, 0.4) is 0 Å². The Morgan fingerprint density at radius 1 is 1.36 bits per heavy atom. The van der Waals surface area contributed by atoms with Gasteiger partial charge in [0.1, 0.15) is 5.15 Å². The molecule has 0 fully saturated rings. The summed E-state index contributed by atoms with van der Waals surface area (Å²) in [5.41, 5.74) is 4.77. The van der Waals surface area contributed by atoms with Crippen LogP contribution in [0.5, 0.6) is 0 Å². The number of benzene rings is 1. The zero-order valence-electron chi connectivity index (χ0n) is 15.0. The van der Waals surface area contributed by atoms with E-state index in [0.717, 1.165) is 36.7 Å². The van der Waals surface area contributed by atoms with Crippen molar-refractivity contribution in [2.75, 3.05) is 26.7 Å². The summed E-state index contributed by atoms with van der Waals surface area (Å²) in [6.07, 6.45) is 3.11. The molecule has 132 valence electrons. The maximum absolute atomic E-state index is 12.9. The molecule has 5 heteroatoms. The summed E-state index contributed by atoms with van der Waals surface area (Å²) >= 11 is 6.46. The molecule has 4 nitrogen and oxygen atoms in total. The van der Waals surface area contributed by atoms with Gasteiger partial charge in [-0.3, -0.25) is 9.69 Å². The van der Waals surface area contributed by atoms with E-state index in [1.807, 2.05) is 18.7 Å². The van der Waals surface area contributed by atoms with Gasteiger partial charge in [0.15, 0.2) is 0 Å². The van der Waals surface area contributed by atoms with Gasteiger partial charge in [0, 0.05) is 36.6 Å². The minimum atomic E-state index is -0.0811. The van der Waals surface area contributed by atoms with Gasteiger partial charge in [0.2, 0.25) is 5.91 Å². The van der Waals surface area contributed by atoms with Crippen LogP contribution in [-0.4, -0.2) is 53.4 Å². The van der Waals surface area contributed by atoms with E-state index in [-0.39, 0.29) is 17.9 Å². The van der Waals surface area contributed by atoms with Gasteiger partial charge in [-0.15, -0.1) is 0 Å². The van der Waals surface area contributed by atoms with Gasteiger partial charge in [0.25, 0.3) is 0 Å². The summed E-state index contributed by atoms with van der Waals surface area (Å²) in [6, 6.07) is 6.58. The molecule has 0 unspecified atom stereocenters. The van der Waals surface area contributed by atoms with Crippen LogP contribution < -0.4 is 0 Å². The lowest BCUT2D eigenvalue weighted by Gasteiger charge is -2.40. The van der Waals surface area contributed by atoms with Gasteiger partial charge >= 0.3 is 0 Å². The molecule has 2 aliphatic rings. The highest BCUT2D eigenvalue weighted by Crippen LogP contribution is 2.43. The molecule has 1 N–H and O–H groups in total. The largest absolute Gasteiger partial charge is 0.345 e. The van der Waals surface area contributed by atoms with Gasteiger partial charge < -0.3 is 9.88 Å². The summed E-state index contributed by atoms with van der Waals surface area (Å²) < 4.78 is 0. The molecule has 0 radical (unpaired) electrons. The molecule has 2 heterocycles. The van der Waals surface area contributed by atoms with E-state index < -0.39 is 0 Å². The van der Waals surface area contributed by atoms with E-state index in [9.17, 15) is 4.79 Å². The number of nitrogens with one attached hydrogen (secondary N) is 1. The second-order valence-corrected chi connectivity index (χ2v) is 7.42. The fraction of sp³-hybridized carbons (Fsp3) is 0.450. The highest BCUT2D eigenvalue weighted by Gasteiger charge is 2.37. The molecular weight excluding hydrogens is 334 g/mol. The Labute approximate surface area is 153 Å². The molecule has 2 atom stereocenters. The van der Waals surface area contributed by atoms with Crippen molar-refractivity contribution in [2.45, 2.75) is 26.3 Å². The predicted octanol–water partition coefficient (Wildman–Crippen LogP) is 3.56. The quantitative estimate of drug-likeness (QED) is 0.912. The highest BCUT2D eigenvalue weighted by atomic mass is 35.5. The van der Waals surface area contributed by atoms with Crippen LogP contribution in [0.4, 0.5) is 0 Å². The van der Waals surface area contributed by atoms with E-state index >= 15 is 0 Å². The third-order valence-electron chi connectivity index (χ3n) is 5.73. The van der Waals surface area contributed by atoms with Crippen molar-refractivity contribution in [1.29, 1.82) is 0 Å². The molecule has 0 bridgehead atoms. The zero-order valence-corrected chi connectivity index (χ0v) is 15.7. The van der Waals surface area contributed by atoms with E-state index in [0.29, 0.717) is 0 Å². The molecule has 0 spiro atoms. The first-order chi connectivity index (χ1) is 12.0. The van der Waals surface area contributed by atoms with Crippen LogP contribution in [0.1, 0.15) is 25.0 Å². The third kappa shape index (κ3) is 2.51. The number of hydrogen-bond acceptors (Lipinski definition) is 2. The van der Waals surface area contributed by atoms with Crippen molar-refractivity contribution in [2.24, 2.45) is 5.92 Å². The molecule has 2 aromatic rings.